The van der Waals surface area contributed by atoms with Crippen LogP contribution < -0.4 is 10.6 Å². The number of thiazole rings is 1. The lowest BCUT2D eigenvalue weighted by atomic mass is 10.1. The summed E-state index contributed by atoms with van der Waals surface area (Å²) in [4.78, 5) is 8.66. The summed E-state index contributed by atoms with van der Waals surface area (Å²) >= 11 is 14.1. The monoisotopic (exact) mass is 517 g/mol. The summed E-state index contributed by atoms with van der Waals surface area (Å²) in [6.07, 6.45) is 7.29. The Labute approximate surface area is 214 Å². The van der Waals surface area contributed by atoms with Crippen LogP contribution in [0.25, 0.3) is 21.1 Å². The summed E-state index contributed by atoms with van der Waals surface area (Å²) in [7, 11) is 0. The minimum Gasteiger partial charge on any atom is -0.368 e. The van der Waals surface area contributed by atoms with E-state index in [-0.39, 0.29) is 10.6 Å². The first-order valence-electron chi connectivity index (χ1n) is 10.3. The molecule has 5 nitrogen and oxygen atoms in total. The highest BCUT2D eigenvalue weighted by atomic mass is 35.5. The summed E-state index contributed by atoms with van der Waals surface area (Å²) in [6.45, 7) is 0. The number of anilines is 3. The lowest BCUT2D eigenvalue weighted by Crippen LogP contribution is -2.08. The molecule has 0 saturated carbocycles. The minimum atomic E-state index is -0.538. The highest BCUT2D eigenvalue weighted by Gasteiger charge is 2.16. The molecule has 0 bridgehead atoms. The topological polar surface area (TPSA) is 73.6 Å². The Hall–Kier alpha value is -3.88. The van der Waals surface area contributed by atoms with E-state index in [0.717, 1.165) is 15.8 Å². The first-order chi connectivity index (χ1) is 17.0. The molecule has 2 N–H and O–H groups in total. The van der Waals surface area contributed by atoms with E-state index in [1.807, 2.05) is 24.3 Å². The number of nitrogens with zero attached hydrogens (tertiary/aromatic N) is 3. The predicted octanol–water partition coefficient (Wildman–Crippen LogP) is 7.69. The number of nitrogens with one attached hydrogen (secondary N) is 2. The van der Waals surface area contributed by atoms with Gasteiger partial charge in [0.25, 0.3) is 0 Å². The Morgan fingerprint density at radius 2 is 1.86 bits per heavy atom. The smallest absolute Gasteiger partial charge is 0.141 e. The maximum absolute atomic E-state index is 13.6. The Morgan fingerprint density at radius 1 is 1.03 bits per heavy atom. The third-order valence-corrected chi connectivity index (χ3v) is 6.77. The number of benzene rings is 3. The molecule has 0 spiro atoms. The predicted molar refractivity (Wildman–Crippen MR) is 141 cm³/mol. The number of hydrogen-bond acceptors (Lipinski definition) is 6. The number of pyridine rings is 1. The van der Waals surface area contributed by atoms with Crippen LogP contribution in [0.15, 0.2) is 60.2 Å². The van der Waals surface area contributed by atoms with Crippen molar-refractivity contribution in [3.63, 3.8) is 0 Å². The van der Waals surface area contributed by atoms with Gasteiger partial charge in [-0.25, -0.2) is 9.37 Å². The van der Waals surface area contributed by atoms with Gasteiger partial charge in [-0.1, -0.05) is 35.2 Å². The average Bonchev–Trinajstić information content (AvgIpc) is 3.33. The highest BCUT2D eigenvalue weighted by molar-refractivity contribution is 7.16. The van der Waals surface area contributed by atoms with Crippen LogP contribution in [0.2, 0.25) is 10.0 Å². The van der Waals surface area contributed by atoms with Crippen molar-refractivity contribution in [1.82, 2.24) is 9.97 Å². The quantitative estimate of drug-likeness (QED) is 0.233. The molecule has 2 aromatic heterocycles. The molecule has 0 radical (unpaired) electrons. The van der Waals surface area contributed by atoms with Crippen molar-refractivity contribution in [2.45, 2.75) is 6.04 Å². The minimum absolute atomic E-state index is 0.0398. The Morgan fingerprint density at radius 3 is 2.63 bits per heavy atom. The number of nitriles is 1. The van der Waals surface area contributed by atoms with Crippen LogP contribution in [0.4, 0.5) is 21.5 Å². The molecule has 5 aromatic rings. The second kappa shape index (κ2) is 9.40. The van der Waals surface area contributed by atoms with Gasteiger partial charge in [-0.3, -0.25) is 4.98 Å². The van der Waals surface area contributed by atoms with Crippen molar-refractivity contribution in [3.8, 4) is 18.4 Å². The van der Waals surface area contributed by atoms with E-state index in [2.05, 4.69) is 32.6 Å². The van der Waals surface area contributed by atoms with Crippen LogP contribution in [-0.2, 0) is 0 Å². The molecule has 170 valence electrons. The summed E-state index contributed by atoms with van der Waals surface area (Å²) in [5.41, 5.74) is 6.01. The lowest BCUT2D eigenvalue weighted by Gasteiger charge is -2.18. The molecule has 0 fully saturated rings. The number of rotatable bonds is 5. The third kappa shape index (κ3) is 4.45. The molecule has 9 heteroatoms. The number of fused-ring (bicyclic) bond motifs is 2. The Balaban J connectivity index is 1.57. The highest BCUT2D eigenvalue weighted by Crippen LogP contribution is 2.36. The number of terminal acetylenes is 1. The molecule has 1 unspecified atom stereocenters. The summed E-state index contributed by atoms with van der Waals surface area (Å²) in [6, 6.07) is 15.3. The lowest BCUT2D eigenvalue weighted by molar-refractivity contribution is 0.628. The second-order valence-corrected chi connectivity index (χ2v) is 9.29. The second-order valence-electron chi connectivity index (χ2n) is 7.59. The van der Waals surface area contributed by atoms with E-state index in [1.165, 1.54) is 24.4 Å². The van der Waals surface area contributed by atoms with Crippen LogP contribution in [0, 0.1) is 29.5 Å². The Bertz CT molecular complexity index is 1690. The third-order valence-electron chi connectivity index (χ3n) is 5.40. The molecule has 35 heavy (non-hydrogen) atoms. The SMILES string of the molecule is C#CC(Nc1cc(Cl)c2ncc(C#N)c(Nc3ccc(F)c(Cl)c3)c2c1)c1ccc2ncsc2c1. The molecular formula is C26H14Cl2FN5S. The molecule has 3 aromatic carbocycles. The molecule has 0 aliphatic carbocycles. The normalized spacial score (nSPS) is 11.7. The summed E-state index contributed by atoms with van der Waals surface area (Å²) in [5.74, 6) is 2.24. The van der Waals surface area contributed by atoms with Gasteiger partial charge < -0.3 is 10.6 Å². The maximum atomic E-state index is 13.6. The Kier molecular flexibility index (Phi) is 6.15. The molecule has 2 heterocycles. The molecule has 0 aliphatic heterocycles. The van der Waals surface area contributed by atoms with Gasteiger partial charge in [0.05, 0.1) is 42.5 Å². The van der Waals surface area contributed by atoms with E-state index in [0.29, 0.717) is 33.0 Å². The summed E-state index contributed by atoms with van der Waals surface area (Å²) < 4.78 is 14.7. The molecular weight excluding hydrogens is 504 g/mol. The van der Waals surface area contributed by atoms with Gasteiger partial charge in [0.1, 0.15) is 17.9 Å². The summed E-state index contributed by atoms with van der Waals surface area (Å²) in [5, 5.41) is 17.1. The van der Waals surface area contributed by atoms with Crippen molar-refractivity contribution >= 4 is 72.7 Å². The van der Waals surface area contributed by atoms with Crippen LogP contribution in [0.1, 0.15) is 17.2 Å². The fraction of sp³-hybridized carbons (Fsp3) is 0.0385. The van der Waals surface area contributed by atoms with Crippen molar-refractivity contribution in [3.05, 3.63) is 87.2 Å². The maximum Gasteiger partial charge on any atom is 0.141 e. The van der Waals surface area contributed by atoms with E-state index in [1.54, 1.807) is 22.9 Å². The van der Waals surface area contributed by atoms with Gasteiger partial charge in [0.15, 0.2) is 0 Å². The zero-order valence-electron chi connectivity index (χ0n) is 17.8. The van der Waals surface area contributed by atoms with Crippen LogP contribution in [0.3, 0.4) is 0 Å². The molecule has 1 atom stereocenters. The molecule has 5 rings (SSSR count). The fourth-order valence-electron chi connectivity index (χ4n) is 3.72. The van der Waals surface area contributed by atoms with Gasteiger partial charge in [-0.2, -0.15) is 5.26 Å². The van der Waals surface area contributed by atoms with Crippen molar-refractivity contribution in [2.75, 3.05) is 10.6 Å². The first kappa shape index (κ1) is 22.9. The van der Waals surface area contributed by atoms with E-state index in [9.17, 15) is 9.65 Å². The zero-order chi connectivity index (χ0) is 24.5. The fourth-order valence-corrected chi connectivity index (χ4v) is 4.89. The molecule has 0 aliphatic rings. The van der Waals surface area contributed by atoms with Crippen molar-refractivity contribution in [1.29, 1.82) is 5.26 Å². The van der Waals surface area contributed by atoms with E-state index in [4.69, 9.17) is 29.6 Å². The zero-order valence-corrected chi connectivity index (χ0v) is 20.1. The van der Waals surface area contributed by atoms with Gasteiger partial charge in [0.2, 0.25) is 0 Å². The largest absolute Gasteiger partial charge is 0.368 e. The number of halogens is 3. The van der Waals surface area contributed by atoms with Gasteiger partial charge in [-0.15, -0.1) is 17.8 Å². The van der Waals surface area contributed by atoms with E-state index < -0.39 is 11.9 Å². The van der Waals surface area contributed by atoms with Crippen molar-refractivity contribution < 1.29 is 4.39 Å². The van der Waals surface area contributed by atoms with E-state index >= 15 is 0 Å². The van der Waals surface area contributed by atoms with Gasteiger partial charge >= 0.3 is 0 Å². The molecule has 0 amide bonds. The van der Waals surface area contributed by atoms with Crippen LogP contribution in [-0.4, -0.2) is 9.97 Å². The van der Waals surface area contributed by atoms with Crippen LogP contribution >= 0.6 is 34.5 Å². The first-order valence-corrected chi connectivity index (χ1v) is 11.9. The van der Waals surface area contributed by atoms with Crippen LogP contribution in [0.5, 0.6) is 0 Å². The standard InChI is InChI=1S/C26H14Cl2FN5S/c1-2-22(14-3-6-23-24(7-14)35-13-32-23)33-17-8-18-25(34-16-4-5-21(29)19(27)9-16)15(11-30)12-31-26(18)20(28)10-17/h1,3-10,12-13,22,33H,(H,31,34). The average molecular weight is 518 g/mol. The van der Waals surface area contributed by atoms with Gasteiger partial charge in [0, 0.05) is 23.0 Å². The number of aromatic nitrogens is 2. The van der Waals surface area contributed by atoms with Crippen molar-refractivity contribution in [2.24, 2.45) is 0 Å². The number of hydrogen-bond donors (Lipinski definition) is 2. The van der Waals surface area contributed by atoms with Gasteiger partial charge in [-0.05, 0) is 48.0 Å². The molecule has 0 saturated heterocycles.